The van der Waals surface area contributed by atoms with Gasteiger partial charge in [0.25, 0.3) is 5.69 Å². The molecule has 0 fully saturated rings. The molecule has 0 bridgehead atoms. The van der Waals surface area contributed by atoms with Gasteiger partial charge in [0.15, 0.2) is 0 Å². The van der Waals surface area contributed by atoms with Crippen LogP contribution in [0.2, 0.25) is 0 Å². The van der Waals surface area contributed by atoms with Crippen LogP contribution in [0, 0.1) is 17.0 Å². The lowest BCUT2D eigenvalue weighted by Crippen LogP contribution is -2.29. The van der Waals surface area contributed by atoms with E-state index in [1.807, 2.05) is 6.92 Å². The van der Waals surface area contributed by atoms with Gasteiger partial charge in [0.05, 0.1) is 17.5 Å². The number of amides is 1. The second-order valence-electron chi connectivity index (χ2n) is 3.42. The standard InChI is InChI=1S/C10H14N4O3/c1-3-11-10(15)6-13-9-4-8(14(16)17)7(2)5-12-9/h4-5H,3,6H2,1-2H3,(H,11,15)(H,12,13). The van der Waals surface area contributed by atoms with E-state index in [4.69, 9.17) is 0 Å². The summed E-state index contributed by atoms with van der Waals surface area (Å²) in [7, 11) is 0. The van der Waals surface area contributed by atoms with Crippen LogP contribution >= 0.6 is 0 Å². The van der Waals surface area contributed by atoms with Gasteiger partial charge in [-0.3, -0.25) is 14.9 Å². The molecule has 1 aromatic rings. The van der Waals surface area contributed by atoms with Crippen LogP contribution in [0.15, 0.2) is 12.3 Å². The fourth-order valence-corrected chi connectivity index (χ4v) is 1.24. The first-order valence-corrected chi connectivity index (χ1v) is 5.16. The number of nitrogens with zero attached hydrogens (tertiary/aromatic N) is 2. The van der Waals surface area contributed by atoms with E-state index in [1.54, 1.807) is 6.92 Å². The zero-order chi connectivity index (χ0) is 12.8. The molecule has 7 heteroatoms. The van der Waals surface area contributed by atoms with Gasteiger partial charge < -0.3 is 10.6 Å². The van der Waals surface area contributed by atoms with E-state index < -0.39 is 4.92 Å². The molecule has 1 aromatic heterocycles. The summed E-state index contributed by atoms with van der Waals surface area (Å²) in [5, 5.41) is 16.0. The van der Waals surface area contributed by atoms with Gasteiger partial charge in [-0.05, 0) is 13.8 Å². The SMILES string of the molecule is CCNC(=O)CNc1cc([N+](=O)[O-])c(C)cn1. The Morgan fingerprint density at radius 3 is 2.88 bits per heavy atom. The molecule has 0 aliphatic carbocycles. The topological polar surface area (TPSA) is 97.2 Å². The first-order chi connectivity index (χ1) is 8.04. The number of anilines is 1. The third kappa shape index (κ3) is 3.71. The predicted octanol–water partition coefficient (Wildman–Crippen LogP) is 0.846. The molecule has 0 aromatic carbocycles. The second kappa shape index (κ2) is 5.78. The molecule has 0 atom stereocenters. The van der Waals surface area contributed by atoms with Crippen molar-refractivity contribution in [3.8, 4) is 0 Å². The first kappa shape index (κ1) is 12.9. The highest BCUT2D eigenvalue weighted by Crippen LogP contribution is 2.19. The fourth-order valence-electron chi connectivity index (χ4n) is 1.24. The summed E-state index contributed by atoms with van der Waals surface area (Å²) in [4.78, 5) is 25.3. The van der Waals surface area contributed by atoms with Gasteiger partial charge in [-0.15, -0.1) is 0 Å². The van der Waals surface area contributed by atoms with Crippen molar-refractivity contribution in [2.75, 3.05) is 18.4 Å². The molecule has 0 radical (unpaired) electrons. The Kier molecular flexibility index (Phi) is 4.38. The quantitative estimate of drug-likeness (QED) is 0.585. The number of pyridine rings is 1. The van der Waals surface area contributed by atoms with Crippen LogP contribution in [0.25, 0.3) is 0 Å². The summed E-state index contributed by atoms with van der Waals surface area (Å²) < 4.78 is 0. The molecule has 17 heavy (non-hydrogen) atoms. The molecule has 0 aliphatic heterocycles. The molecule has 1 heterocycles. The average molecular weight is 238 g/mol. The van der Waals surface area contributed by atoms with Crippen molar-refractivity contribution in [3.05, 3.63) is 27.9 Å². The number of carbonyl (C=O) groups excluding carboxylic acids is 1. The van der Waals surface area contributed by atoms with Crippen molar-refractivity contribution in [2.45, 2.75) is 13.8 Å². The molecule has 0 saturated carbocycles. The number of aromatic nitrogens is 1. The number of nitro groups is 1. The van der Waals surface area contributed by atoms with Crippen LogP contribution in [-0.2, 0) is 4.79 Å². The lowest BCUT2D eigenvalue weighted by atomic mass is 10.2. The molecule has 92 valence electrons. The van der Waals surface area contributed by atoms with Gasteiger partial charge in [-0.1, -0.05) is 0 Å². The largest absolute Gasteiger partial charge is 0.361 e. The molecule has 7 nitrogen and oxygen atoms in total. The number of hydrogen-bond acceptors (Lipinski definition) is 5. The van der Waals surface area contributed by atoms with Crippen LogP contribution < -0.4 is 10.6 Å². The molecule has 1 rings (SSSR count). The number of carbonyl (C=O) groups is 1. The van der Waals surface area contributed by atoms with Crippen LogP contribution in [-0.4, -0.2) is 28.9 Å². The number of rotatable bonds is 5. The van der Waals surface area contributed by atoms with Gasteiger partial charge in [0.1, 0.15) is 5.82 Å². The van der Waals surface area contributed by atoms with Crippen LogP contribution in [0.1, 0.15) is 12.5 Å². The van der Waals surface area contributed by atoms with E-state index in [2.05, 4.69) is 15.6 Å². The van der Waals surface area contributed by atoms with E-state index in [-0.39, 0.29) is 18.1 Å². The van der Waals surface area contributed by atoms with E-state index in [0.29, 0.717) is 17.9 Å². The van der Waals surface area contributed by atoms with Gasteiger partial charge >= 0.3 is 0 Å². The smallest absolute Gasteiger partial charge is 0.277 e. The van der Waals surface area contributed by atoms with Gasteiger partial charge in [0, 0.05) is 18.3 Å². The third-order valence-electron chi connectivity index (χ3n) is 2.08. The first-order valence-electron chi connectivity index (χ1n) is 5.16. The van der Waals surface area contributed by atoms with E-state index in [9.17, 15) is 14.9 Å². The maximum Gasteiger partial charge on any atom is 0.277 e. The summed E-state index contributed by atoms with van der Waals surface area (Å²) in [5.74, 6) is 0.131. The highest BCUT2D eigenvalue weighted by atomic mass is 16.6. The van der Waals surface area contributed by atoms with Gasteiger partial charge in [0.2, 0.25) is 5.91 Å². The Bertz CT molecular complexity index is 434. The molecule has 1 amide bonds. The zero-order valence-corrected chi connectivity index (χ0v) is 9.69. The van der Waals surface area contributed by atoms with Crippen molar-refractivity contribution in [1.82, 2.24) is 10.3 Å². The van der Waals surface area contributed by atoms with Crippen molar-refractivity contribution >= 4 is 17.4 Å². The summed E-state index contributed by atoms with van der Waals surface area (Å²) in [5.41, 5.74) is 0.469. The minimum Gasteiger partial charge on any atom is -0.361 e. The van der Waals surface area contributed by atoms with Crippen molar-refractivity contribution in [2.24, 2.45) is 0 Å². The van der Waals surface area contributed by atoms with Crippen molar-refractivity contribution in [3.63, 3.8) is 0 Å². The summed E-state index contributed by atoms with van der Waals surface area (Å²) in [6.45, 7) is 4.01. The van der Waals surface area contributed by atoms with Gasteiger partial charge in [-0.2, -0.15) is 0 Å². The van der Waals surface area contributed by atoms with E-state index >= 15 is 0 Å². The van der Waals surface area contributed by atoms with E-state index in [0.717, 1.165) is 0 Å². The van der Waals surface area contributed by atoms with Crippen molar-refractivity contribution in [1.29, 1.82) is 0 Å². The Balaban J connectivity index is 2.69. The molecular formula is C10H14N4O3. The Hall–Kier alpha value is -2.18. The molecule has 0 aliphatic rings. The monoisotopic (exact) mass is 238 g/mol. The minimum atomic E-state index is -0.478. The molecule has 2 N–H and O–H groups in total. The highest BCUT2D eigenvalue weighted by Gasteiger charge is 2.12. The van der Waals surface area contributed by atoms with E-state index in [1.165, 1.54) is 12.3 Å². The maximum atomic E-state index is 11.2. The number of aryl methyl sites for hydroxylation is 1. The van der Waals surface area contributed by atoms with Crippen LogP contribution in [0.4, 0.5) is 11.5 Å². The van der Waals surface area contributed by atoms with Gasteiger partial charge in [-0.25, -0.2) is 4.98 Å². The molecular weight excluding hydrogens is 224 g/mol. The third-order valence-corrected chi connectivity index (χ3v) is 2.08. The lowest BCUT2D eigenvalue weighted by molar-refractivity contribution is -0.385. The Morgan fingerprint density at radius 1 is 1.59 bits per heavy atom. The normalized spacial score (nSPS) is 9.76. The highest BCUT2D eigenvalue weighted by molar-refractivity contribution is 5.80. The minimum absolute atomic E-state index is 0.0154. The maximum absolute atomic E-state index is 11.2. The average Bonchev–Trinajstić information content (AvgIpc) is 2.28. The summed E-state index contributed by atoms with van der Waals surface area (Å²) in [6.07, 6.45) is 1.40. The number of likely N-dealkylation sites (N-methyl/N-ethyl adjacent to an activating group) is 1. The van der Waals surface area contributed by atoms with Crippen LogP contribution in [0.5, 0.6) is 0 Å². The molecule has 0 unspecified atom stereocenters. The molecule has 0 spiro atoms. The fraction of sp³-hybridized carbons (Fsp3) is 0.400. The molecule has 0 saturated heterocycles. The number of nitrogens with one attached hydrogen (secondary N) is 2. The summed E-state index contributed by atoms with van der Waals surface area (Å²) >= 11 is 0. The summed E-state index contributed by atoms with van der Waals surface area (Å²) in [6, 6.07) is 1.31. The lowest BCUT2D eigenvalue weighted by Gasteiger charge is -2.06. The van der Waals surface area contributed by atoms with Crippen LogP contribution in [0.3, 0.4) is 0 Å². The number of hydrogen-bond donors (Lipinski definition) is 2. The zero-order valence-electron chi connectivity index (χ0n) is 9.69. The Labute approximate surface area is 98.4 Å². The van der Waals surface area contributed by atoms with Crippen molar-refractivity contribution < 1.29 is 9.72 Å². The second-order valence-corrected chi connectivity index (χ2v) is 3.42. The Morgan fingerprint density at radius 2 is 2.29 bits per heavy atom. The predicted molar refractivity (Wildman–Crippen MR) is 62.8 cm³/mol.